The second-order valence-electron chi connectivity index (χ2n) is 11.5. The minimum atomic E-state index is -0.847. The van der Waals surface area contributed by atoms with E-state index in [9.17, 15) is 10.2 Å². The van der Waals surface area contributed by atoms with Gasteiger partial charge in [-0.15, -0.1) is 0 Å². The van der Waals surface area contributed by atoms with Crippen LogP contribution in [-0.2, 0) is 14.2 Å². The molecule has 0 amide bonds. The van der Waals surface area contributed by atoms with Gasteiger partial charge in [0, 0.05) is 68.9 Å². The van der Waals surface area contributed by atoms with Crippen LogP contribution in [0.3, 0.4) is 0 Å². The molecule has 12 atom stereocenters. The van der Waals surface area contributed by atoms with Crippen molar-refractivity contribution in [2.45, 2.75) is 69.0 Å². The van der Waals surface area contributed by atoms with Crippen LogP contribution < -0.4 is 0 Å². The molecule has 6 aliphatic rings. The lowest BCUT2D eigenvalue weighted by molar-refractivity contribution is -0.276. The molecular weight excluding hydrogens is 382 g/mol. The van der Waals surface area contributed by atoms with Crippen LogP contribution in [0.15, 0.2) is 0 Å². The van der Waals surface area contributed by atoms with E-state index in [4.69, 9.17) is 14.2 Å². The van der Waals surface area contributed by atoms with E-state index >= 15 is 0 Å². The van der Waals surface area contributed by atoms with Gasteiger partial charge in [-0.1, -0.05) is 6.92 Å². The number of hydrogen-bond acceptors (Lipinski definition) is 6. The summed E-state index contributed by atoms with van der Waals surface area (Å²) in [5.41, 5.74) is -0.719. The van der Waals surface area contributed by atoms with Crippen LogP contribution in [0.25, 0.3) is 0 Å². The van der Waals surface area contributed by atoms with Crippen LogP contribution in [0, 0.1) is 40.4 Å². The molecule has 7 bridgehead atoms. The number of fused-ring (bicyclic) bond motifs is 2. The van der Waals surface area contributed by atoms with Gasteiger partial charge < -0.3 is 24.4 Å². The minimum absolute atomic E-state index is 0.000283. The van der Waals surface area contributed by atoms with E-state index in [0.29, 0.717) is 18.4 Å². The Morgan fingerprint density at radius 2 is 1.90 bits per heavy atom. The van der Waals surface area contributed by atoms with Crippen LogP contribution in [0.5, 0.6) is 0 Å². The molecule has 0 aromatic carbocycles. The molecule has 1 heterocycles. The second kappa shape index (κ2) is 6.42. The van der Waals surface area contributed by atoms with Crippen LogP contribution in [0.2, 0.25) is 0 Å². The van der Waals surface area contributed by atoms with Crippen LogP contribution >= 0.6 is 0 Å². The SMILES string of the molecule is CCN1C[C@]2(COC)CC[C@H](OC)[C@@]34[C@@H]5C[C@H]6[C@H](O)[C@@H]5[C@](O)(C[C@H]6OC)[C@@H](C[C@H]23)[C@@H]14. The highest BCUT2D eigenvalue weighted by molar-refractivity contribution is 5.33. The first kappa shape index (κ1) is 20.4. The summed E-state index contributed by atoms with van der Waals surface area (Å²) in [5, 5.41) is 23.8. The van der Waals surface area contributed by atoms with Gasteiger partial charge >= 0.3 is 0 Å². The number of rotatable bonds is 5. The average molecular weight is 422 g/mol. The third kappa shape index (κ3) is 2.00. The zero-order valence-corrected chi connectivity index (χ0v) is 18.9. The first-order valence-corrected chi connectivity index (χ1v) is 12.1. The lowest BCUT2D eigenvalue weighted by Gasteiger charge is -2.69. The number of nitrogens with zero attached hydrogens (tertiary/aromatic N) is 1. The van der Waals surface area contributed by atoms with Crippen molar-refractivity contribution in [2.24, 2.45) is 40.4 Å². The molecule has 0 aromatic rings. The predicted octanol–water partition coefficient (Wildman–Crippen LogP) is 1.53. The van der Waals surface area contributed by atoms with Gasteiger partial charge in [-0.3, -0.25) is 4.90 Å². The topological polar surface area (TPSA) is 71.4 Å². The Hall–Kier alpha value is -0.240. The quantitative estimate of drug-likeness (QED) is 0.702. The van der Waals surface area contributed by atoms with Gasteiger partial charge in [0.25, 0.3) is 0 Å². The van der Waals surface area contributed by atoms with Gasteiger partial charge in [-0.2, -0.15) is 0 Å². The molecule has 2 N–H and O–H groups in total. The van der Waals surface area contributed by atoms with E-state index in [1.54, 1.807) is 7.11 Å². The first-order chi connectivity index (χ1) is 14.4. The summed E-state index contributed by atoms with van der Waals surface area (Å²) in [7, 11) is 5.48. The molecule has 1 aliphatic heterocycles. The van der Waals surface area contributed by atoms with Crippen molar-refractivity contribution in [3.63, 3.8) is 0 Å². The summed E-state index contributed by atoms with van der Waals surface area (Å²) in [6.45, 7) is 5.11. The van der Waals surface area contributed by atoms with E-state index in [-0.39, 0.29) is 46.7 Å². The molecule has 5 aliphatic carbocycles. The number of hydrogen-bond donors (Lipinski definition) is 2. The second-order valence-corrected chi connectivity index (χ2v) is 11.5. The molecule has 5 saturated carbocycles. The fourth-order valence-corrected chi connectivity index (χ4v) is 10.7. The van der Waals surface area contributed by atoms with E-state index in [0.717, 1.165) is 45.4 Å². The lowest BCUT2D eigenvalue weighted by atomic mass is 9.43. The van der Waals surface area contributed by atoms with Gasteiger partial charge in [0.15, 0.2) is 0 Å². The predicted molar refractivity (Wildman–Crippen MR) is 111 cm³/mol. The van der Waals surface area contributed by atoms with E-state index in [1.165, 1.54) is 0 Å². The summed E-state index contributed by atoms with van der Waals surface area (Å²) < 4.78 is 18.0. The van der Waals surface area contributed by atoms with Gasteiger partial charge in [0.2, 0.25) is 0 Å². The van der Waals surface area contributed by atoms with E-state index < -0.39 is 11.7 Å². The van der Waals surface area contributed by atoms with E-state index in [2.05, 4.69) is 11.8 Å². The maximum Gasteiger partial charge on any atom is 0.0771 e. The Balaban J connectivity index is 1.58. The number of likely N-dealkylation sites (tertiary alicyclic amines) is 1. The first-order valence-electron chi connectivity index (χ1n) is 12.1. The Labute approximate surface area is 180 Å². The fourth-order valence-electron chi connectivity index (χ4n) is 10.7. The molecule has 6 rings (SSSR count). The van der Waals surface area contributed by atoms with Gasteiger partial charge in [-0.25, -0.2) is 0 Å². The molecule has 1 saturated heterocycles. The van der Waals surface area contributed by atoms with Gasteiger partial charge in [0.05, 0.1) is 30.5 Å². The van der Waals surface area contributed by atoms with Crippen LogP contribution in [0.1, 0.15) is 39.0 Å². The monoisotopic (exact) mass is 421 g/mol. The molecule has 6 nitrogen and oxygen atoms in total. The van der Waals surface area contributed by atoms with Crippen molar-refractivity contribution in [1.82, 2.24) is 4.90 Å². The highest BCUT2D eigenvalue weighted by atomic mass is 16.5. The smallest absolute Gasteiger partial charge is 0.0771 e. The third-order valence-electron chi connectivity index (χ3n) is 11.2. The molecule has 0 aromatic heterocycles. The van der Waals surface area contributed by atoms with Crippen molar-refractivity contribution >= 4 is 0 Å². The maximum absolute atomic E-state index is 12.4. The highest BCUT2D eigenvalue weighted by Gasteiger charge is 2.83. The zero-order chi connectivity index (χ0) is 21.1. The van der Waals surface area contributed by atoms with Crippen LogP contribution in [-0.4, -0.2) is 86.1 Å². The average Bonchev–Trinajstić information content (AvgIpc) is 3.15. The number of aliphatic hydroxyl groups is 2. The van der Waals surface area contributed by atoms with Gasteiger partial charge in [-0.05, 0) is 44.1 Å². The minimum Gasteiger partial charge on any atom is -0.392 e. The highest BCUT2D eigenvalue weighted by Crippen LogP contribution is 2.79. The summed E-state index contributed by atoms with van der Waals surface area (Å²) >= 11 is 0. The standard InChI is InChI=1S/C24H39NO5/c1-5-25-11-22(12-28-2)7-6-18(30-4)24-14-8-13-16(29-3)10-23(27,19(14)20(13)26)15(21(24)25)9-17(22)24/h13-21,26-27H,5-12H2,1-4H3/t13-,14-,15+,16-,17-,18+,19-,20+,21-,22+,23+,24-/m1/s1. The molecule has 6 fully saturated rings. The molecule has 30 heavy (non-hydrogen) atoms. The summed E-state index contributed by atoms with van der Waals surface area (Å²) in [5.74, 6) is 1.03. The molecule has 0 radical (unpaired) electrons. The molecule has 0 unspecified atom stereocenters. The number of ether oxygens (including phenoxy) is 3. The molecule has 1 spiro atoms. The number of aliphatic hydroxyl groups excluding tert-OH is 1. The Morgan fingerprint density at radius 1 is 1.10 bits per heavy atom. The van der Waals surface area contributed by atoms with Crippen LogP contribution in [0.4, 0.5) is 0 Å². The number of piperidine rings is 1. The Kier molecular flexibility index (Phi) is 4.36. The normalized spacial score (nSPS) is 60.8. The zero-order valence-electron chi connectivity index (χ0n) is 18.9. The third-order valence-corrected chi connectivity index (χ3v) is 11.2. The summed E-state index contributed by atoms with van der Waals surface area (Å²) in [6.07, 6.45) is 4.52. The molecule has 6 heteroatoms. The van der Waals surface area contributed by atoms with E-state index in [1.807, 2.05) is 14.2 Å². The fraction of sp³-hybridized carbons (Fsp3) is 1.00. The molecule has 170 valence electrons. The summed E-state index contributed by atoms with van der Waals surface area (Å²) in [6, 6.07) is 0.329. The number of methoxy groups -OCH3 is 3. The maximum atomic E-state index is 12.4. The Bertz CT molecular complexity index is 720. The van der Waals surface area contributed by atoms with Crippen molar-refractivity contribution in [1.29, 1.82) is 0 Å². The summed E-state index contributed by atoms with van der Waals surface area (Å²) in [4.78, 5) is 2.67. The van der Waals surface area contributed by atoms with Crippen molar-refractivity contribution in [2.75, 3.05) is 41.0 Å². The van der Waals surface area contributed by atoms with Gasteiger partial charge in [0.1, 0.15) is 0 Å². The lowest BCUT2D eigenvalue weighted by Crippen LogP contribution is -2.76. The Morgan fingerprint density at radius 3 is 2.57 bits per heavy atom. The molecular formula is C24H39NO5. The van der Waals surface area contributed by atoms with Crippen molar-refractivity contribution in [3.8, 4) is 0 Å². The van der Waals surface area contributed by atoms with Crippen molar-refractivity contribution in [3.05, 3.63) is 0 Å². The largest absolute Gasteiger partial charge is 0.392 e. The van der Waals surface area contributed by atoms with Crippen molar-refractivity contribution < 1.29 is 24.4 Å².